The van der Waals surface area contributed by atoms with E-state index in [4.69, 9.17) is 0 Å². The van der Waals surface area contributed by atoms with Gasteiger partial charge in [-0.1, -0.05) is 0 Å². The van der Waals surface area contributed by atoms with Crippen LogP contribution in [0.4, 0.5) is 4.79 Å². The van der Waals surface area contributed by atoms with E-state index in [1.165, 1.54) is 13.8 Å². The van der Waals surface area contributed by atoms with Crippen molar-refractivity contribution in [3.05, 3.63) is 0 Å². The van der Waals surface area contributed by atoms with Crippen LogP contribution in [0.25, 0.3) is 0 Å². The quantitative estimate of drug-likeness (QED) is 0.485. The van der Waals surface area contributed by atoms with E-state index in [0.717, 1.165) is 7.11 Å². The largest absolute Gasteiger partial charge is 0.524 e. The Labute approximate surface area is 106 Å². The molecule has 0 radical (unpaired) electrons. The molecule has 0 bridgehead atoms. The summed E-state index contributed by atoms with van der Waals surface area (Å²) in [6.45, 7) is 2.75. The van der Waals surface area contributed by atoms with Crippen LogP contribution in [0, 0.1) is 0 Å². The predicted octanol–water partition coefficient (Wildman–Crippen LogP) is 0.244. The van der Waals surface area contributed by atoms with Crippen LogP contribution in [0.2, 0.25) is 0 Å². The fourth-order valence-corrected chi connectivity index (χ4v) is 2.77. The van der Waals surface area contributed by atoms with Crippen molar-refractivity contribution in [1.29, 1.82) is 0 Å². The fraction of sp³-hybridized carbons (Fsp3) is 0.875. The molecule has 0 N–H and O–H groups in total. The lowest BCUT2D eigenvalue weighted by molar-refractivity contribution is 0.106. The maximum Gasteiger partial charge on any atom is 0.524 e. The lowest BCUT2D eigenvalue weighted by Crippen LogP contribution is -2.24. The highest BCUT2D eigenvalue weighted by atomic mass is 32.2. The van der Waals surface area contributed by atoms with Crippen molar-refractivity contribution in [1.82, 2.24) is 0 Å². The molecule has 108 valence electrons. The maximum atomic E-state index is 11.3. The fourth-order valence-electron chi connectivity index (χ4n) is 0.906. The topological polar surface area (TPSA) is 113 Å². The number of hydrogen-bond donors (Lipinski definition) is 0. The van der Waals surface area contributed by atoms with Crippen LogP contribution in [0.5, 0.6) is 0 Å². The summed E-state index contributed by atoms with van der Waals surface area (Å²) in [6, 6.07) is 0. The minimum absolute atomic E-state index is 0.0250. The first kappa shape index (κ1) is 17.1. The molecule has 0 aromatic carbocycles. The van der Waals surface area contributed by atoms with Crippen molar-refractivity contribution in [2.45, 2.75) is 25.5 Å². The van der Waals surface area contributed by atoms with E-state index in [1.807, 2.05) is 0 Å². The third-order valence-electron chi connectivity index (χ3n) is 1.96. The average Bonchev–Trinajstić information content (AvgIpc) is 2.25. The molecule has 0 saturated carbocycles. The molecule has 0 heterocycles. The van der Waals surface area contributed by atoms with Gasteiger partial charge >= 0.3 is 16.3 Å². The Bertz CT molecular complexity index is 463. The van der Waals surface area contributed by atoms with E-state index in [2.05, 4.69) is 13.1 Å². The minimum Gasteiger partial charge on any atom is -0.434 e. The second kappa shape index (κ2) is 6.90. The van der Waals surface area contributed by atoms with Crippen molar-refractivity contribution >= 4 is 26.4 Å². The van der Waals surface area contributed by atoms with Gasteiger partial charge in [-0.25, -0.2) is 4.79 Å². The highest BCUT2D eigenvalue weighted by molar-refractivity contribution is 7.88. The van der Waals surface area contributed by atoms with Gasteiger partial charge in [0.05, 0.1) is 24.7 Å². The molecule has 0 aliphatic heterocycles. The third kappa shape index (κ3) is 6.17. The average molecular weight is 304 g/mol. The molecule has 18 heavy (non-hydrogen) atoms. The van der Waals surface area contributed by atoms with Crippen molar-refractivity contribution in [2.75, 3.05) is 19.5 Å². The van der Waals surface area contributed by atoms with Gasteiger partial charge < -0.3 is 8.92 Å². The number of carbonyl (C=O) groups is 1. The summed E-state index contributed by atoms with van der Waals surface area (Å²) in [5.41, 5.74) is 0. The molecule has 0 aromatic heterocycles. The van der Waals surface area contributed by atoms with Gasteiger partial charge in [0.15, 0.2) is 0 Å². The molecule has 1 atom stereocenters. The van der Waals surface area contributed by atoms with Gasteiger partial charge in [0.1, 0.15) is 0 Å². The van der Waals surface area contributed by atoms with E-state index in [9.17, 15) is 21.6 Å². The van der Waals surface area contributed by atoms with Gasteiger partial charge in [-0.3, -0.25) is 4.18 Å². The van der Waals surface area contributed by atoms with E-state index >= 15 is 0 Å². The van der Waals surface area contributed by atoms with Gasteiger partial charge in [0.2, 0.25) is 0 Å². The summed E-state index contributed by atoms with van der Waals surface area (Å²) in [5.74, 6) is -0.629. The Morgan fingerprint density at radius 3 is 2.22 bits per heavy atom. The molecule has 1 unspecified atom stereocenters. The molecule has 0 amide bonds. The van der Waals surface area contributed by atoms with Crippen LogP contribution >= 0.6 is 0 Å². The maximum absolute atomic E-state index is 11.3. The summed E-state index contributed by atoms with van der Waals surface area (Å²) in [7, 11) is -6.98. The highest BCUT2D eigenvalue weighted by Crippen LogP contribution is 2.10. The third-order valence-corrected chi connectivity index (χ3v) is 4.77. The van der Waals surface area contributed by atoms with Gasteiger partial charge in [-0.05, 0) is 20.3 Å². The molecule has 0 aliphatic rings. The Kier molecular flexibility index (Phi) is 6.57. The van der Waals surface area contributed by atoms with Crippen molar-refractivity contribution in [2.24, 2.45) is 0 Å². The SMILES string of the molecule is CCOC(=O)OS(=O)(=O)CCC(C)S(=O)(=O)OC. The summed E-state index contributed by atoms with van der Waals surface area (Å²) in [4.78, 5) is 10.8. The molecule has 0 aliphatic carbocycles. The summed E-state index contributed by atoms with van der Waals surface area (Å²) >= 11 is 0. The van der Waals surface area contributed by atoms with Crippen LogP contribution in [0.3, 0.4) is 0 Å². The summed E-state index contributed by atoms with van der Waals surface area (Å²) in [5, 5.41) is -1.02. The van der Waals surface area contributed by atoms with E-state index < -0.39 is 37.4 Å². The lowest BCUT2D eigenvalue weighted by atomic mass is 10.4. The van der Waals surface area contributed by atoms with E-state index in [0.29, 0.717) is 0 Å². The highest BCUT2D eigenvalue weighted by Gasteiger charge is 2.25. The molecule has 0 spiro atoms. The Hall–Kier alpha value is -0.870. The zero-order chi connectivity index (χ0) is 14.4. The zero-order valence-corrected chi connectivity index (χ0v) is 11.9. The second-order valence-corrected chi connectivity index (χ2v) is 7.10. The predicted molar refractivity (Wildman–Crippen MR) is 61.9 cm³/mol. The number of hydrogen-bond acceptors (Lipinski definition) is 8. The molecule has 8 nitrogen and oxygen atoms in total. The molecule has 0 fully saturated rings. The molecule has 10 heteroatoms. The van der Waals surface area contributed by atoms with Crippen LogP contribution in [-0.2, 0) is 33.3 Å². The van der Waals surface area contributed by atoms with E-state index in [1.54, 1.807) is 0 Å². The van der Waals surface area contributed by atoms with Crippen LogP contribution in [0.1, 0.15) is 20.3 Å². The zero-order valence-electron chi connectivity index (χ0n) is 10.3. The van der Waals surface area contributed by atoms with Crippen molar-refractivity contribution in [3.63, 3.8) is 0 Å². The molecular formula is C8H16O8S2. The second-order valence-electron chi connectivity index (χ2n) is 3.29. The first-order valence-corrected chi connectivity index (χ1v) is 8.08. The van der Waals surface area contributed by atoms with Crippen molar-refractivity contribution < 1.29 is 34.7 Å². The molecule has 0 aromatic rings. The van der Waals surface area contributed by atoms with Crippen molar-refractivity contribution in [3.8, 4) is 0 Å². The van der Waals surface area contributed by atoms with Gasteiger partial charge in [0, 0.05) is 0 Å². The Morgan fingerprint density at radius 2 is 1.78 bits per heavy atom. The normalized spacial score (nSPS) is 13.9. The van der Waals surface area contributed by atoms with Crippen LogP contribution in [0.15, 0.2) is 0 Å². The molecular weight excluding hydrogens is 288 g/mol. The first-order chi connectivity index (χ1) is 8.14. The van der Waals surface area contributed by atoms with Gasteiger partial charge in [-0.2, -0.15) is 16.8 Å². The number of ether oxygens (including phenoxy) is 1. The monoisotopic (exact) mass is 304 g/mol. The molecule has 0 saturated heterocycles. The first-order valence-electron chi connectivity index (χ1n) is 5.03. The summed E-state index contributed by atoms with van der Waals surface area (Å²) < 4.78 is 57.5. The standard InChI is InChI=1S/C8H16O8S2/c1-4-15-8(9)16-17(10,11)6-5-7(2)18(12,13)14-3/h7H,4-6H2,1-3H3. The van der Waals surface area contributed by atoms with Gasteiger partial charge in [0.25, 0.3) is 10.1 Å². The lowest BCUT2D eigenvalue weighted by Gasteiger charge is -2.10. The Balaban J connectivity index is 4.41. The van der Waals surface area contributed by atoms with Gasteiger partial charge in [-0.15, -0.1) is 0 Å². The smallest absolute Gasteiger partial charge is 0.434 e. The van der Waals surface area contributed by atoms with Crippen LogP contribution < -0.4 is 0 Å². The van der Waals surface area contributed by atoms with E-state index in [-0.39, 0.29) is 13.0 Å². The number of carbonyl (C=O) groups excluding carboxylic acids is 1. The molecule has 0 rings (SSSR count). The minimum atomic E-state index is -4.16. The Morgan fingerprint density at radius 1 is 1.22 bits per heavy atom. The number of rotatable bonds is 7. The summed E-state index contributed by atoms with van der Waals surface area (Å²) in [6.07, 6.45) is -1.59. The van der Waals surface area contributed by atoms with Crippen LogP contribution in [-0.4, -0.2) is 47.7 Å².